The minimum Gasteiger partial charge on any atom is -0.494 e. The molecule has 14 N–H and O–H groups in total. The van der Waals surface area contributed by atoms with Crippen LogP contribution in [0.15, 0.2) is 35.4 Å². The number of rotatable bonds is 18. The highest BCUT2D eigenvalue weighted by Gasteiger charge is 2.45. The Kier molecular flexibility index (Phi) is 23.1. The first kappa shape index (κ1) is 64.7. The van der Waals surface area contributed by atoms with Crippen LogP contribution in [-0.2, 0) is 74.8 Å². The van der Waals surface area contributed by atoms with E-state index >= 15 is 4.21 Å². The Balaban J connectivity index is 1.37. The van der Waals surface area contributed by atoms with Crippen molar-refractivity contribution >= 4 is 92.3 Å². The fraction of sp³-hybridized carbons (Fsp3) is 0.593. The van der Waals surface area contributed by atoms with Gasteiger partial charge in [-0.1, -0.05) is 40.0 Å². The molecule has 0 radical (unpaired) electrons. The Hall–Kier alpha value is -7.47. The van der Waals surface area contributed by atoms with Crippen molar-refractivity contribution in [2.45, 2.75) is 132 Å². The molecule has 2 bridgehead atoms. The number of carbonyl (C=O) groups excluding carboxylic acids is 12. The van der Waals surface area contributed by atoms with E-state index in [1.54, 1.807) is 32.0 Å². The number of primary amides is 1. The second-order valence-corrected chi connectivity index (χ2v) is 22.9. The summed E-state index contributed by atoms with van der Waals surface area (Å²) >= 11 is 0. The number of unbranched alkanes of at least 4 members (excludes halogenated alkanes) is 3. The monoisotopic (exact) mass is 1180 g/mol. The summed E-state index contributed by atoms with van der Waals surface area (Å²) in [7, 11) is -2.36. The van der Waals surface area contributed by atoms with E-state index in [1.165, 1.54) is 6.92 Å². The van der Waals surface area contributed by atoms with Crippen molar-refractivity contribution in [1.29, 1.82) is 0 Å². The number of hydrogen-bond donors (Lipinski definition) is 12. The first-order chi connectivity index (χ1) is 39.5. The van der Waals surface area contributed by atoms with E-state index < -0.39 is 205 Å². The number of nitrogens with zero attached hydrogens (tertiary/aromatic N) is 2. The number of aromatic amines is 1. The van der Waals surface area contributed by atoms with Crippen molar-refractivity contribution in [3.05, 3.63) is 35.9 Å². The van der Waals surface area contributed by atoms with Gasteiger partial charge in [-0.25, -0.2) is 0 Å². The first-order valence-electron chi connectivity index (χ1n) is 27.7. The van der Waals surface area contributed by atoms with Crippen molar-refractivity contribution in [1.82, 2.24) is 46.7 Å². The molecule has 1 aromatic carbocycles. The van der Waals surface area contributed by atoms with Gasteiger partial charge in [0.15, 0.2) is 11.6 Å². The maximum absolute atomic E-state index is 15.1. The van der Waals surface area contributed by atoms with Gasteiger partial charge in [-0.15, -0.1) is 0 Å². The molecule has 454 valence electrons. The van der Waals surface area contributed by atoms with Gasteiger partial charge in [0.2, 0.25) is 47.3 Å². The molecule has 83 heavy (non-hydrogen) atoms. The van der Waals surface area contributed by atoms with Crippen LogP contribution in [0.3, 0.4) is 0 Å². The molecule has 12 atom stereocenters. The number of amides is 10. The number of nitrogens with two attached hydrogens (primary N) is 2. The van der Waals surface area contributed by atoms with E-state index in [0.29, 0.717) is 48.8 Å². The highest BCUT2D eigenvalue weighted by molar-refractivity contribution is 7.85. The number of nitrogens with one attached hydrogen (secondary N) is 7. The zero-order valence-electron chi connectivity index (χ0n) is 46.5. The summed E-state index contributed by atoms with van der Waals surface area (Å²) in [5.74, 6) is -15.4. The average Bonchev–Trinajstić information content (AvgIpc) is 4.37. The van der Waals surface area contributed by atoms with Crippen LogP contribution in [0.5, 0.6) is 5.75 Å². The highest BCUT2D eigenvalue weighted by Crippen LogP contribution is 2.33. The SMILES string of the molecule is CC[C@H](C)[C@@H]1NC(=O)CNC(=O)C2CC(=O)[C@H]([C@@H](C)[C@@H](O)CO)NC(=O)[C@@H]3CC(O)CN3C(=O)[C@H](CC(N)=O)CC(=O)C(C[S@@](=O)c3[nH]c4cc(OCCCCCCNC(=O)[C@H](CN)N5C(=O)C=CC5=O)ccc4c3C2)NC(=O)CNC1=O. The third-order valence-corrected chi connectivity index (χ3v) is 16.9. The molecular weight excluding hydrogens is 1110 g/mol. The van der Waals surface area contributed by atoms with E-state index in [4.69, 9.17) is 16.2 Å². The lowest BCUT2D eigenvalue weighted by atomic mass is 9.85. The van der Waals surface area contributed by atoms with Crippen LogP contribution in [0.2, 0.25) is 0 Å². The molecule has 2 aromatic rings. The Bertz CT molecular complexity index is 2860. The van der Waals surface area contributed by atoms with Crippen LogP contribution in [0.25, 0.3) is 10.9 Å². The molecule has 3 unspecified atom stereocenters. The lowest BCUT2D eigenvalue weighted by Gasteiger charge is -2.32. The largest absolute Gasteiger partial charge is 0.494 e. The predicted molar refractivity (Wildman–Crippen MR) is 294 cm³/mol. The zero-order chi connectivity index (χ0) is 60.8. The molecule has 1 saturated heterocycles. The van der Waals surface area contributed by atoms with Gasteiger partial charge in [0.05, 0.1) is 78.6 Å². The topological polar surface area (TPSA) is 438 Å². The van der Waals surface area contributed by atoms with Gasteiger partial charge in [0.1, 0.15) is 28.9 Å². The number of fused-ring (bicyclic) bond motifs is 5. The molecule has 6 rings (SSSR count). The summed E-state index contributed by atoms with van der Waals surface area (Å²) < 4.78 is 21.2. The lowest BCUT2D eigenvalue weighted by Crippen LogP contribution is -2.56. The molecule has 0 spiro atoms. The Morgan fingerprint density at radius 2 is 1.53 bits per heavy atom. The van der Waals surface area contributed by atoms with Crippen LogP contribution in [-0.4, -0.2) is 199 Å². The predicted octanol–water partition coefficient (Wildman–Crippen LogP) is -4.14. The van der Waals surface area contributed by atoms with Crippen molar-refractivity contribution < 1.29 is 81.8 Å². The molecule has 1 aromatic heterocycles. The molecule has 4 aliphatic rings. The normalized spacial score (nSPS) is 26.0. The summed E-state index contributed by atoms with van der Waals surface area (Å²) in [6.07, 6.45) is -1.17. The van der Waals surface area contributed by atoms with Crippen LogP contribution in [0, 0.1) is 23.7 Å². The van der Waals surface area contributed by atoms with Crippen molar-refractivity contribution in [3.63, 3.8) is 0 Å². The molecule has 0 aliphatic carbocycles. The number of H-pyrrole nitrogens is 1. The number of Topliss-reactive ketones (excluding diaryl/α,β-unsaturated/α-hetero) is 2. The Labute approximate surface area is 480 Å². The second kappa shape index (κ2) is 29.7. The van der Waals surface area contributed by atoms with Gasteiger partial charge in [0.25, 0.3) is 11.8 Å². The number of ketones is 2. The number of benzene rings is 1. The quantitative estimate of drug-likeness (QED) is 0.0498. The van der Waals surface area contributed by atoms with E-state index in [1.807, 2.05) is 0 Å². The van der Waals surface area contributed by atoms with E-state index in [9.17, 15) is 72.9 Å². The van der Waals surface area contributed by atoms with Gasteiger partial charge in [-0.05, 0) is 42.9 Å². The number of carbonyl (C=O) groups is 12. The number of aromatic nitrogens is 1. The molecule has 1 fully saturated rings. The van der Waals surface area contributed by atoms with E-state index in [2.05, 4.69) is 36.9 Å². The van der Waals surface area contributed by atoms with Crippen molar-refractivity contribution in [3.8, 4) is 5.75 Å². The fourth-order valence-corrected chi connectivity index (χ4v) is 11.9. The van der Waals surface area contributed by atoms with Gasteiger partial charge in [-0.3, -0.25) is 66.6 Å². The van der Waals surface area contributed by atoms with Crippen LogP contribution in [0.1, 0.15) is 84.1 Å². The summed E-state index contributed by atoms with van der Waals surface area (Å²) in [5.41, 5.74) is 11.8. The van der Waals surface area contributed by atoms with Gasteiger partial charge >= 0.3 is 0 Å². The Morgan fingerprint density at radius 1 is 0.855 bits per heavy atom. The number of imide groups is 1. The summed E-state index contributed by atoms with van der Waals surface area (Å²) in [4.78, 5) is 168. The summed E-state index contributed by atoms with van der Waals surface area (Å²) in [5, 5.41) is 47.4. The van der Waals surface area contributed by atoms with E-state index in [-0.39, 0.29) is 36.7 Å². The van der Waals surface area contributed by atoms with Crippen LogP contribution >= 0.6 is 0 Å². The fourth-order valence-electron chi connectivity index (χ4n) is 10.5. The van der Waals surface area contributed by atoms with E-state index in [0.717, 1.165) is 22.0 Å². The zero-order valence-corrected chi connectivity index (χ0v) is 47.3. The van der Waals surface area contributed by atoms with Gasteiger partial charge in [0, 0.05) is 80.8 Å². The second-order valence-electron chi connectivity index (χ2n) is 21.4. The number of ether oxygens (including phenoxy) is 1. The number of aliphatic hydroxyl groups is 3. The first-order valence-corrected chi connectivity index (χ1v) is 29.0. The molecule has 29 heteroatoms. The maximum Gasteiger partial charge on any atom is 0.254 e. The van der Waals surface area contributed by atoms with Crippen LogP contribution < -0.4 is 48.1 Å². The minimum atomic E-state index is -2.36. The van der Waals surface area contributed by atoms with Crippen LogP contribution in [0.4, 0.5) is 0 Å². The summed E-state index contributed by atoms with van der Waals surface area (Å²) in [6.45, 7) is 2.13. The number of hydrogen-bond acceptors (Lipinski definition) is 18. The summed E-state index contributed by atoms with van der Waals surface area (Å²) in [6, 6.07) is -2.55. The van der Waals surface area contributed by atoms with Crippen molar-refractivity contribution in [2.75, 3.05) is 51.7 Å². The van der Waals surface area contributed by atoms with Gasteiger partial charge < -0.3 is 73.3 Å². The highest BCUT2D eigenvalue weighted by atomic mass is 32.2. The molecular formula is C54H75N11O17S. The molecule has 28 nitrogen and oxygen atoms in total. The Morgan fingerprint density at radius 3 is 2.19 bits per heavy atom. The third kappa shape index (κ3) is 16.6. The molecule has 10 amide bonds. The smallest absolute Gasteiger partial charge is 0.254 e. The van der Waals surface area contributed by atoms with Crippen molar-refractivity contribution in [2.24, 2.45) is 35.1 Å². The standard InChI is InChI=1S/C54H75N11O17S/c1-4-27(2)47-52(79)59-22-43(72)60-36-26-83(81)53-34(33-10-9-32(20-35(33)61-53)82-14-8-6-5-7-13-57-50(77)38(21-55)65-45(74)11-12-46(65)75)15-29(49(76)58-23-44(73)62-47)16-40(69)48(28(3)41(70)25-66)63-51(78)37-19-31(67)24-64(37)54(80)30(17-39(36)68)18-42(56)71/h9-12,20,27-31,36-38,41,47-48,61,66-67,70H,4-8,13-19,21-26,55H2,1-3H3,(H2,56,71)(H,57,77)(H,58,76)(H,59,79)(H,60,72)(H,62,73)(H,63,78)/t27-,28-,29?,30-,31?,36?,37-,38-,41-,47-,48-,83+/m0/s1. The minimum absolute atomic E-state index is 0.0909. The lowest BCUT2D eigenvalue weighted by molar-refractivity contribution is -0.145. The maximum atomic E-state index is 15.1. The molecule has 5 heterocycles. The van der Waals surface area contributed by atoms with Gasteiger partial charge in [-0.2, -0.15) is 0 Å². The molecule has 4 aliphatic heterocycles. The average molecular weight is 1180 g/mol. The molecule has 0 saturated carbocycles. The third-order valence-electron chi connectivity index (χ3n) is 15.4. The number of aliphatic hydroxyl groups excluding tert-OH is 3.